The van der Waals surface area contributed by atoms with E-state index in [0.29, 0.717) is 38.1 Å². The maximum atomic E-state index is 12.6. The van der Waals surface area contributed by atoms with Gasteiger partial charge in [-0.3, -0.25) is 9.69 Å². The highest BCUT2D eigenvalue weighted by molar-refractivity contribution is 5.75. The van der Waals surface area contributed by atoms with Crippen LogP contribution in [-0.4, -0.2) is 77.1 Å². The number of carboxylic acid groups (broad SMARTS) is 1. The van der Waals surface area contributed by atoms with E-state index >= 15 is 0 Å². The topological polar surface area (TPSA) is 64.1 Å². The van der Waals surface area contributed by atoms with Crippen molar-refractivity contribution in [1.82, 2.24) is 14.7 Å². The van der Waals surface area contributed by atoms with E-state index in [1.165, 1.54) is 6.42 Å². The number of piperazine rings is 1. The molecule has 2 heterocycles. The summed E-state index contributed by atoms with van der Waals surface area (Å²) in [5.74, 6) is -0.246. The number of hydrogen-bond acceptors (Lipinski definition) is 3. The van der Waals surface area contributed by atoms with Crippen LogP contribution in [0.5, 0.6) is 0 Å². The van der Waals surface area contributed by atoms with Crippen LogP contribution in [0, 0.1) is 5.92 Å². The van der Waals surface area contributed by atoms with Gasteiger partial charge in [0, 0.05) is 38.8 Å². The molecular formula is C14H25N3O3. The fourth-order valence-electron chi connectivity index (χ4n) is 3.08. The third kappa shape index (κ3) is 3.42. The highest BCUT2D eigenvalue weighted by Crippen LogP contribution is 2.24. The first kappa shape index (κ1) is 15.1. The normalized spacial score (nSPS) is 28.5. The fourth-order valence-corrected chi connectivity index (χ4v) is 3.08. The van der Waals surface area contributed by atoms with Crippen molar-refractivity contribution in [2.45, 2.75) is 32.7 Å². The lowest BCUT2D eigenvalue weighted by atomic mass is 9.92. The van der Waals surface area contributed by atoms with Gasteiger partial charge in [0.25, 0.3) is 0 Å². The summed E-state index contributed by atoms with van der Waals surface area (Å²) in [6.07, 6.45) is 2.27. The summed E-state index contributed by atoms with van der Waals surface area (Å²) < 4.78 is 0. The molecule has 0 spiro atoms. The van der Waals surface area contributed by atoms with Crippen molar-refractivity contribution in [3.05, 3.63) is 0 Å². The molecule has 20 heavy (non-hydrogen) atoms. The molecule has 0 saturated carbocycles. The second-order valence-electron chi connectivity index (χ2n) is 5.99. The Kier molecular flexibility index (Phi) is 4.86. The molecule has 2 atom stereocenters. The lowest BCUT2D eigenvalue weighted by Gasteiger charge is -2.42. The summed E-state index contributed by atoms with van der Waals surface area (Å²) in [5.41, 5.74) is 0. The van der Waals surface area contributed by atoms with Gasteiger partial charge in [0.15, 0.2) is 0 Å². The number of nitrogens with zero attached hydrogens (tertiary/aromatic N) is 3. The highest BCUT2D eigenvalue weighted by Gasteiger charge is 2.32. The number of rotatable bonds is 2. The Hall–Kier alpha value is -1.30. The SMILES string of the molecule is CC1CCCN(C(=O)N2CCN(CC(=O)O)CC2)C1C. The Morgan fingerprint density at radius 2 is 1.75 bits per heavy atom. The van der Waals surface area contributed by atoms with Crippen molar-refractivity contribution >= 4 is 12.0 Å². The maximum absolute atomic E-state index is 12.6. The van der Waals surface area contributed by atoms with Crippen LogP contribution in [0.15, 0.2) is 0 Å². The van der Waals surface area contributed by atoms with Crippen LogP contribution in [0.4, 0.5) is 4.79 Å². The predicted octanol–water partition coefficient (Wildman–Crippen LogP) is 0.929. The third-order valence-corrected chi connectivity index (χ3v) is 4.62. The minimum absolute atomic E-state index is 0.0686. The van der Waals surface area contributed by atoms with Crippen LogP contribution >= 0.6 is 0 Å². The van der Waals surface area contributed by atoms with Gasteiger partial charge < -0.3 is 14.9 Å². The molecule has 2 amide bonds. The van der Waals surface area contributed by atoms with Gasteiger partial charge in [-0.2, -0.15) is 0 Å². The molecule has 0 aliphatic carbocycles. The molecule has 2 aliphatic rings. The molecule has 0 aromatic carbocycles. The van der Waals surface area contributed by atoms with Gasteiger partial charge in [-0.25, -0.2) is 4.79 Å². The number of urea groups is 1. The van der Waals surface area contributed by atoms with Crippen LogP contribution in [-0.2, 0) is 4.79 Å². The summed E-state index contributed by atoms with van der Waals surface area (Å²) in [7, 11) is 0. The monoisotopic (exact) mass is 283 g/mol. The number of carboxylic acids is 1. The first-order valence-corrected chi connectivity index (χ1v) is 7.48. The summed E-state index contributed by atoms with van der Waals surface area (Å²) in [5, 5.41) is 8.78. The van der Waals surface area contributed by atoms with E-state index in [4.69, 9.17) is 5.11 Å². The van der Waals surface area contributed by atoms with E-state index in [0.717, 1.165) is 13.0 Å². The molecule has 2 aliphatic heterocycles. The average Bonchev–Trinajstić information content (AvgIpc) is 2.41. The van der Waals surface area contributed by atoms with Crippen molar-refractivity contribution in [3.8, 4) is 0 Å². The van der Waals surface area contributed by atoms with E-state index in [-0.39, 0.29) is 12.6 Å². The minimum Gasteiger partial charge on any atom is -0.480 e. The maximum Gasteiger partial charge on any atom is 0.320 e. The van der Waals surface area contributed by atoms with Crippen molar-refractivity contribution in [3.63, 3.8) is 0 Å². The molecule has 0 bridgehead atoms. The smallest absolute Gasteiger partial charge is 0.320 e. The quantitative estimate of drug-likeness (QED) is 0.819. The lowest BCUT2D eigenvalue weighted by Crippen LogP contribution is -2.57. The number of hydrogen-bond donors (Lipinski definition) is 1. The molecule has 0 aromatic rings. The van der Waals surface area contributed by atoms with Gasteiger partial charge in [0.2, 0.25) is 0 Å². The second kappa shape index (κ2) is 6.43. The van der Waals surface area contributed by atoms with Crippen LogP contribution in [0.1, 0.15) is 26.7 Å². The van der Waals surface area contributed by atoms with Gasteiger partial charge in [0.1, 0.15) is 0 Å². The second-order valence-corrected chi connectivity index (χ2v) is 5.99. The number of piperidine rings is 1. The summed E-state index contributed by atoms with van der Waals surface area (Å²) >= 11 is 0. The minimum atomic E-state index is -0.803. The number of aliphatic carboxylic acids is 1. The van der Waals surface area contributed by atoms with Crippen molar-refractivity contribution in [2.75, 3.05) is 39.3 Å². The summed E-state index contributed by atoms with van der Waals surface area (Å²) in [6.45, 7) is 7.80. The molecule has 2 fully saturated rings. The molecule has 0 aromatic heterocycles. The van der Waals surface area contributed by atoms with E-state index in [9.17, 15) is 9.59 Å². The molecule has 114 valence electrons. The molecule has 6 heteroatoms. The number of carbonyl (C=O) groups is 2. The van der Waals surface area contributed by atoms with Crippen LogP contribution in [0.25, 0.3) is 0 Å². The average molecular weight is 283 g/mol. The molecule has 0 radical (unpaired) electrons. The van der Waals surface area contributed by atoms with Gasteiger partial charge in [-0.05, 0) is 25.7 Å². The van der Waals surface area contributed by atoms with Gasteiger partial charge in [-0.15, -0.1) is 0 Å². The molecular weight excluding hydrogens is 258 g/mol. The van der Waals surface area contributed by atoms with E-state index in [1.54, 1.807) is 0 Å². The Morgan fingerprint density at radius 1 is 1.10 bits per heavy atom. The fraction of sp³-hybridized carbons (Fsp3) is 0.857. The molecule has 6 nitrogen and oxygen atoms in total. The van der Waals surface area contributed by atoms with Gasteiger partial charge in [-0.1, -0.05) is 6.92 Å². The Bertz CT molecular complexity index is 367. The van der Waals surface area contributed by atoms with Crippen LogP contribution in [0.2, 0.25) is 0 Å². The van der Waals surface area contributed by atoms with Crippen LogP contribution < -0.4 is 0 Å². The first-order chi connectivity index (χ1) is 9.49. The van der Waals surface area contributed by atoms with Crippen molar-refractivity contribution < 1.29 is 14.7 Å². The van der Waals surface area contributed by atoms with Crippen molar-refractivity contribution in [1.29, 1.82) is 0 Å². The Morgan fingerprint density at radius 3 is 2.35 bits per heavy atom. The lowest BCUT2D eigenvalue weighted by molar-refractivity contribution is -0.138. The third-order valence-electron chi connectivity index (χ3n) is 4.62. The first-order valence-electron chi connectivity index (χ1n) is 7.48. The Labute approximate surface area is 120 Å². The standard InChI is InChI=1S/C14H25N3O3/c1-11-4-3-5-17(12(11)2)14(20)16-8-6-15(7-9-16)10-13(18)19/h11-12H,3-10H2,1-2H3,(H,18,19). The zero-order chi connectivity index (χ0) is 14.7. The largest absolute Gasteiger partial charge is 0.480 e. The summed E-state index contributed by atoms with van der Waals surface area (Å²) in [4.78, 5) is 29.0. The molecule has 2 unspecified atom stereocenters. The van der Waals surface area contributed by atoms with E-state index < -0.39 is 5.97 Å². The predicted molar refractivity (Wildman–Crippen MR) is 75.6 cm³/mol. The van der Waals surface area contributed by atoms with Crippen molar-refractivity contribution in [2.24, 2.45) is 5.92 Å². The van der Waals surface area contributed by atoms with Gasteiger partial charge in [0.05, 0.1) is 6.54 Å². The molecule has 2 saturated heterocycles. The zero-order valence-electron chi connectivity index (χ0n) is 12.4. The van der Waals surface area contributed by atoms with E-state index in [2.05, 4.69) is 13.8 Å². The highest BCUT2D eigenvalue weighted by atomic mass is 16.4. The number of likely N-dealkylation sites (tertiary alicyclic amines) is 1. The zero-order valence-corrected chi connectivity index (χ0v) is 12.4. The molecule has 1 N–H and O–H groups in total. The summed E-state index contributed by atoms with van der Waals surface area (Å²) in [6, 6.07) is 0.423. The van der Waals surface area contributed by atoms with Gasteiger partial charge >= 0.3 is 12.0 Å². The number of carbonyl (C=O) groups excluding carboxylic acids is 1. The van der Waals surface area contributed by atoms with Crippen LogP contribution in [0.3, 0.4) is 0 Å². The number of amides is 2. The molecule has 2 rings (SSSR count). The Balaban J connectivity index is 1.86. The van der Waals surface area contributed by atoms with E-state index in [1.807, 2.05) is 14.7 Å².